The monoisotopic (exact) mass is 518 g/mol. The topological polar surface area (TPSA) is 162 Å². The Balaban J connectivity index is 0.00000420. The summed E-state index contributed by atoms with van der Waals surface area (Å²) >= 11 is -4.87. The zero-order valence-electron chi connectivity index (χ0n) is 17.1. The Labute approximate surface area is 265 Å². The molecule has 0 spiro atoms. The van der Waals surface area contributed by atoms with Crippen molar-refractivity contribution in [2.24, 2.45) is 5.92 Å². The summed E-state index contributed by atoms with van der Waals surface area (Å²) in [6.45, 7) is 0.642. The summed E-state index contributed by atoms with van der Waals surface area (Å²) in [4.78, 5) is 21.6. The Morgan fingerprint density at radius 1 is 0.933 bits per heavy atom. The third kappa shape index (κ3) is 10.3. The van der Waals surface area contributed by atoms with Gasteiger partial charge in [-0.3, -0.25) is 18.0 Å². The van der Waals surface area contributed by atoms with Crippen molar-refractivity contribution in [1.29, 1.82) is 0 Å². The third-order valence-corrected chi connectivity index (χ3v) is 7.26. The quantitative estimate of drug-likeness (QED) is 0.127. The van der Waals surface area contributed by atoms with Gasteiger partial charge in [-0.2, -0.15) is 0 Å². The molecule has 14 heteroatoms. The molecule has 0 aromatic rings. The standard InChI is InChI=1S/C16H26O10S2.2K/c17-9-26-13-4-2-11(8-15(13)28(22)23)25-6-5-24-10-1-3-12(16(18)19)14(7-10)27(20)21;;/h9-15H,1-8H2,(H,18,19)(H,20,21)(H,22,23);;/q;2*+1/p-2. The molecule has 0 bridgehead atoms. The summed E-state index contributed by atoms with van der Waals surface area (Å²) in [6.07, 6.45) is 0.637. The van der Waals surface area contributed by atoms with Crippen molar-refractivity contribution < 1.29 is 149 Å². The molecule has 30 heavy (non-hydrogen) atoms. The van der Waals surface area contributed by atoms with E-state index in [-0.39, 0.29) is 154 Å². The van der Waals surface area contributed by atoms with Gasteiger partial charge < -0.3 is 28.4 Å². The average molecular weight is 519 g/mol. The molecule has 2 fully saturated rings. The predicted octanol–water partition coefficient (Wildman–Crippen LogP) is -6.13. The summed E-state index contributed by atoms with van der Waals surface area (Å²) in [5, 5.41) is 7.32. The molecular formula is C16H24K2O10S2. The number of carboxylic acids is 1. The summed E-state index contributed by atoms with van der Waals surface area (Å²) < 4.78 is 61.3. The van der Waals surface area contributed by atoms with Crippen LogP contribution in [0.25, 0.3) is 0 Å². The largest absolute Gasteiger partial charge is 1.00 e. The SMILES string of the molecule is O=COC1CCC(OCCOC2CCC(C(=O)O)C(S(=O)[O-])C2)CC1S(=O)[O-].[K+].[K+]. The smallest absolute Gasteiger partial charge is 0.772 e. The maximum absolute atomic E-state index is 11.3. The first-order valence-corrected chi connectivity index (χ1v) is 11.3. The van der Waals surface area contributed by atoms with Crippen LogP contribution in [0.15, 0.2) is 0 Å². The van der Waals surface area contributed by atoms with Crippen molar-refractivity contribution in [3.05, 3.63) is 0 Å². The summed E-state index contributed by atoms with van der Waals surface area (Å²) in [5.74, 6) is -2.03. The van der Waals surface area contributed by atoms with Crippen LogP contribution in [0.4, 0.5) is 0 Å². The van der Waals surface area contributed by atoms with Crippen LogP contribution in [-0.4, -0.2) is 77.1 Å². The van der Waals surface area contributed by atoms with Gasteiger partial charge in [-0.25, -0.2) is 0 Å². The number of ether oxygens (including phenoxy) is 3. The second kappa shape index (κ2) is 16.9. The zero-order chi connectivity index (χ0) is 20.7. The first-order valence-electron chi connectivity index (χ1n) is 9.04. The molecule has 0 heterocycles. The number of rotatable bonds is 10. The van der Waals surface area contributed by atoms with Gasteiger partial charge in [0.05, 0.1) is 36.6 Å². The maximum atomic E-state index is 11.3. The molecule has 162 valence electrons. The molecule has 2 saturated carbocycles. The van der Waals surface area contributed by atoms with Crippen molar-refractivity contribution in [2.45, 2.75) is 67.3 Å². The van der Waals surface area contributed by atoms with E-state index in [9.17, 15) is 27.1 Å². The Morgan fingerprint density at radius 3 is 1.90 bits per heavy atom. The van der Waals surface area contributed by atoms with Gasteiger partial charge in [-0.15, -0.1) is 0 Å². The average Bonchev–Trinajstić information content (AvgIpc) is 2.65. The maximum Gasteiger partial charge on any atom is 1.00 e. The second-order valence-electron chi connectivity index (χ2n) is 6.93. The minimum Gasteiger partial charge on any atom is -0.772 e. The Bertz CT molecular complexity index is 596. The molecule has 1 N–H and O–H groups in total. The number of hydrogen-bond acceptors (Lipinski definition) is 9. The molecular weight excluding hydrogens is 494 g/mol. The predicted molar refractivity (Wildman–Crippen MR) is 94.7 cm³/mol. The molecule has 0 aromatic carbocycles. The molecule has 8 atom stereocenters. The van der Waals surface area contributed by atoms with Crippen LogP contribution < -0.4 is 103 Å². The molecule has 2 aliphatic carbocycles. The van der Waals surface area contributed by atoms with Crippen LogP contribution in [0.3, 0.4) is 0 Å². The molecule has 10 nitrogen and oxygen atoms in total. The van der Waals surface area contributed by atoms with E-state index < -0.39 is 50.7 Å². The van der Waals surface area contributed by atoms with Gasteiger partial charge in [0.15, 0.2) is 0 Å². The summed E-state index contributed by atoms with van der Waals surface area (Å²) in [7, 11) is 0. The van der Waals surface area contributed by atoms with Gasteiger partial charge >= 0.3 is 109 Å². The van der Waals surface area contributed by atoms with Gasteiger partial charge in [-0.05, 0) is 49.6 Å². The first-order chi connectivity index (χ1) is 13.3. The van der Waals surface area contributed by atoms with Gasteiger partial charge in [0.2, 0.25) is 0 Å². The van der Waals surface area contributed by atoms with E-state index in [1.165, 1.54) is 0 Å². The summed E-state index contributed by atoms with van der Waals surface area (Å²) in [5.41, 5.74) is 0. The van der Waals surface area contributed by atoms with Crippen LogP contribution in [0.5, 0.6) is 0 Å². The zero-order valence-corrected chi connectivity index (χ0v) is 25.0. The molecule has 0 saturated heterocycles. The molecule has 8 unspecified atom stereocenters. The fraction of sp³-hybridized carbons (Fsp3) is 0.875. The fourth-order valence-electron chi connectivity index (χ4n) is 3.81. The van der Waals surface area contributed by atoms with Crippen molar-refractivity contribution in [3.63, 3.8) is 0 Å². The first kappa shape index (κ1) is 32.4. The molecule has 0 aliphatic heterocycles. The van der Waals surface area contributed by atoms with Gasteiger partial charge in [0.25, 0.3) is 6.47 Å². The minimum atomic E-state index is -2.49. The van der Waals surface area contributed by atoms with Crippen molar-refractivity contribution in [1.82, 2.24) is 0 Å². The number of carbonyl (C=O) groups is 2. The van der Waals surface area contributed by atoms with E-state index >= 15 is 0 Å². The van der Waals surface area contributed by atoms with Crippen molar-refractivity contribution >= 4 is 34.6 Å². The van der Waals surface area contributed by atoms with E-state index in [2.05, 4.69) is 0 Å². The van der Waals surface area contributed by atoms with Crippen LogP contribution in [0.1, 0.15) is 38.5 Å². The Morgan fingerprint density at radius 2 is 1.43 bits per heavy atom. The van der Waals surface area contributed by atoms with Gasteiger partial charge in [0, 0.05) is 5.25 Å². The molecule has 0 radical (unpaired) electrons. The number of hydrogen-bond donors (Lipinski definition) is 1. The van der Waals surface area contributed by atoms with Crippen LogP contribution in [0.2, 0.25) is 0 Å². The van der Waals surface area contributed by atoms with Crippen molar-refractivity contribution in [3.8, 4) is 0 Å². The summed E-state index contributed by atoms with van der Waals surface area (Å²) in [6, 6.07) is 0. The number of aliphatic carboxylic acids is 1. The van der Waals surface area contributed by atoms with Crippen molar-refractivity contribution in [2.75, 3.05) is 13.2 Å². The Hall–Kier alpha value is 2.35. The third-order valence-electron chi connectivity index (χ3n) is 5.26. The van der Waals surface area contributed by atoms with E-state index in [0.29, 0.717) is 19.3 Å². The molecule has 2 rings (SSSR count). The van der Waals surface area contributed by atoms with Crippen LogP contribution in [0, 0.1) is 5.92 Å². The van der Waals surface area contributed by atoms with Crippen LogP contribution in [-0.2, 0) is 46.0 Å². The minimum absolute atomic E-state index is 0. The normalized spacial score (nSPS) is 33.3. The Kier molecular flexibility index (Phi) is 18.2. The molecule has 0 aromatic heterocycles. The van der Waals surface area contributed by atoms with E-state index in [4.69, 9.17) is 19.3 Å². The van der Waals surface area contributed by atoms with Gasteiger partial charge in [-0.1, -0.05) is 11.1 Å². The van der Waals surface area contributed by atoms with E-state index in [1.54, 1.807) is 0 Å². The van der Waals surface area contributed by atoms with E-state index in [1.807, 2.05) is 0 Å². The molecule has 2 aliphatic rings. The van der Waals surface area contributed by atoms with Crippen LogP contribution >= 0.6 is 0 Å². The fourth-order valence-corrected chi connectivity index (χ4v) is 5.53. The molecule has 0 amide bonds. The van der Waals surface area contributed by atoms with Gasteiger partial charge in [0.1, 0.15) is 6.10 Å². The number of carbonyl (C=O) groups excluding carboxylic acids is 1. The van der Waals surface area contributed by atoms with E-state index in [0.717, 1.165) is 0 Å². The second-order valence-corrected chi connectivity index (χ2v) is 9.18. The number of carboxylic acid groups (broad SMARTS) is 1.